The zero-order valence-corrected chi connectivity index (χ0v) is 11.8. The lowest BCUT2D eigenvalue weighted by molar-refractivity contribution is 0.535. The van der Waals surface area contributed by atoms with Crippen molar-refractivity contribution in [1.29, 1.82) is 0 Å². The van der Waals surface area contributed by atoms with Crippen LogP contribution in [0.25, 0.3) is 0 Å². The summed E-state index contributed by atoms with van der Waals surface area (Å²) in [7, 11) is 0. The summed E-state index contributed by atoms with van der Waals surface area (Å²) in [6.07, 6.45) is 6.34. The molecule has 3 N–H and O–H groups in total. The number of aromatic nitrogens is 2. The molecule has 1 unspecified atom stereocenters. The summed E-state index contributed by atoms with van der Waals surface area (Å²) < 4.78 is 0. The molecule has 104 valence electrons. The number of hydrazine groups is 1. The van der Waals surface area contributed by atoms with E-state index in [1.807, 2.05) is 13.0 Å². The minimum Gasteiger partial charge on any atom is -0.271 e. The summed E-state index contributed by atoms with van der Waals surface area (Å²) in [4.78, 5) is 8.59. The number of hydrogen-bond donors (Lipinski definition) is 2. The molecule has 1 aromatic heterocycles. The average Bonchev–Trinajstić information content (AvgIpc) is 2.92. The van der Waals surface area contributed by atoms with Crippen LogP contribution in [0.1, 0.15) is 40.7 Å². The Morgan fingerprint density at radius 1 is 1.25 bits per heavy atom. The van der Waals surface area contributed by atoms with Crippen LogP contribution in [-0.4, -0.2) is 9.97 Å². The summed E-state index contributed by atoms with van der Waals surface area (Å²) in [6.45, 7) is 1.90. The number of nitrogens with one attached hydrogen (secondary N) is 1. The lowest BCUT2D eigenvalue weighted by atomic mass is 9.99. The second kappa shape index (κ2) is 5.69. The molecule has 4 nitrogen and oxygen atoms in total. The molecular formula is C16H20N4. The van der Waals surface area contributed by atoms with Gasteiger partial charge in [0.1, 0.15) is 5.82 Å². The van der Waals surface area contributed by atoms with Crippen molar-refractivity contribution in [2.75, 3.05) is 0 Å². The Morgan fingerprint density at radius 2 is 2.10 bits per heavy atom. The zero-order valence-electron chi connectivity index (χ0n) is 11.8. The first-order valence-corrected chi connectivity index (χ1v) is 7.12. The predicted molar refractivity (Wildman–Crippen MR) is 79.0 cm³/mol. The first-order chi connectivity index (χ1) is 9.76. The molecule has 0 bridgehead atoms. The van der Waals surface area contributed by atoms with Gasteiger partial charge in [0.2, 0.25) is 0 Å². The minimum atomic E-state index is 0.0242. The molecule has 0 aliphatic heterocycles. The molecule has 0 fully saturated rings. The molecule has 1 heterocycles. The van der Waals surface area contributed by atoms with Crippen molar-refractivity contribution < 1.29 is 0 Å². The molecule has 1 aromatic carbocycles. The van der Waals surface area contributed by atoms with E-state index in [1.54, 1.807) is 6.20 Å². The summed E-state index contributed by atoms with van der Waals surface area (Å²) >= 11 is 0. The van der Waals surface area contributed by atoms with E-state index in [9.17, 15) is 0 Å². The van der Waals surface area contributed by atoms with Crippen LogP contribution in [0, 0.1) is 6.92 Å². The Morgan fingerprint density at radius 3 is 2.90 bits per heavy atom. The Hall–Kier alpha value is -1.78. The highest BCUT2D eigenvalue weighted by Gasteiger charge is 2.15. The van der Waals surface area contributed by atoms with E-state index >= 15 is 0 Å². The molecule has 0 saturated heterocycles. The smallest absolute Gasteiger partial charge is 0.125 e. The fourth-order valence-electron chi connectivity index (χ4n) is 2.91. The van der Waals surface area contributed by atoms with Crippen molar-refractivity contribution in [1.82, 2.24) is 15.4 Å². The van der Waals surface area contributed by atoms with E-state index in [1.165, 1.54) is 36.0 Å². The van der Waals surface area contributed by atoms with Crippen LogP contribution in [0.2, 0.25) is 0 Å². The Labute approximate surface area is 119 Å². The molecule has 2 aromatic rings. The second-order valence-electron chi connectivity index (χ2n) is 5.41. The van der Waals surface area contributed by atoms with Crippen molar-refractivity contribution in [2.45, 2.75) is 38.6 Å². The van der Waals surface area contributed by atoms with Crippen LogP contribution in [0.5, 0.6) is 0 Å². The SMILES string of the molecule is Cc1nccc(C(Cc2ccc3c(c2)CCC3)NN)n1. The van der Waals surface area contributed by atoms with E-state index in [0.717, 1.165) is 17.9 Å². The monoisotopic (exact) mass is 268 g/mol. The number of nitrogens with two attached hydrogens (primary N) is 1. The predicted octanol–water partition coefficient (Wildman–Crippen LogP) is 2.02. The Kier molecular flexibility index (Phi) is 3.76. The molecule has 1 atom stereocenters. The molecule has 0 saturated carbocycles. The van der Waals surface area contributed by atoms with Gasteiger partial charge in [0.05, 0.1) is 11.7 Å². The molecule has 1 aliphatic carbocycles. The Balaban J connectivity index is 1.81. The Bertz CT molecular complexity index is 609. The first kappa shape index (κ1) is 13.2. The third-order valence-corrected chi connectivity index (χ3v) is 3.96. The van der Waals surface area contributed by atoms with Gasteiger partial charge < -0.3 is 0 Å². The molecule has 20 heavy (non-hydrogen) atoms. The maximum atomic E-state index is 5.71. The van der Waals surface area contributed by atoms with Crippen molar-refractivity contribution in [3.05, 3.63) is 58.7 Å². The van der Waals surface area contributed by atoms with Gasteiger partial charge in [-0.3, -0.25) is 11.3 Å². The maximum Gasteiger partial charge on any atom is 0.125 e. The van der Waals surface area contributed by atoms with Crippen LogP contribution >= 0.6 is 0 Å². The topological polar surface area (TPSA) is 63.8 Å². The van der Waals surface area contributed by atoms with Crippen molar-refractivity contribution in [3.8, 4) is 0 Å². The molecule has 4 heteroatoms. The van der Waals surface area contributed by atoms with Crippen LogP contribution in [0.15, 0.2) is 30.5 Å². The molecule has 0 amide bonds. The molecule has 0 radical (unpaired) electrons. The van der Waals surface area contributed by atoms with Crippen molar-refractivity contribution >= 4 is 0 Å². The number of nitrogens with zero attached hydrogens (tertiary/aromatic N) is 2. The van der Waals surface area contributed by atoms with E-state index in [4.69, 9.17) is 5.84 Å². The normalized spacial score (nSPS) is 15.1. The molecule has 0 spiro atoms. The zero-order chi connectivity index (χ0) is 13.9. The van der Waals surface area contributed by atoms with Gasteiger partial charge in [0, 0.05) is 6.20 Å². The summed E-state index contributed by atoms with van der Waals surface area (Å²) in [5.41, 5.74) is 8.13. The van der Waals surface area contributed by atoms with Crippen LogP contribution < -0.4 is 11.3 Å². The lowest BCUT2D eigenvalue weighted by Gasteiger charge is -2.16. The first-order valence-electron chi connectivity index (χ1n) is 7.12. The highest BCUT2D eigenvalue weighted by Crippen LogP contribution is 2.25. The third-order valence-electron chi connectivity index (χ3n) is 3.96. The van der Waals surface area contributed by atoms with E-state index in [-0.39, 0.29) is 6.04 Å². The number of aryl methyl sites for hydroxylation is 3. The summed E-state index contributed by atoms with van der Waals surface area (Å²) in [5.74, 6) is 6.48. The van der Waals surface area contributed by atoms with Crippen LogP contribution in [0.3, 0.4) is 0 Å². The maximum absolute atomic E-state index is 5.71. The number of fused-ring (bicyclic) bond motifs is 1. The largest absolute Gasteiger partial charge is 0.271 e. The van der Waals surface area contributed by atoms with Crippen LogP contribution in [-0.2, 0) is 19.3 Å². The molecule has 3 rings (SSSR count). The van der Waals surface area contributed by atoms with Gasteiger partial charge in [-0.05, 0) is 55.4 Å². The highest BCUT2D eigenvalue weighted by atomic mass is 15.2. The molecular weight excluding hydrogens is 248 g/mol. The van der Waals surface area contributed by atoms with E-state index in [0.29, 0.717) is 0 Å². The second-order valence-corrected chi connectivity index (χ2v) is 5.41. The van der Waals surface area contributed by atoms with Gasteiger partial charge in [0.15, 0.2) is 0 Å². The third kappa shape index (κ3) is 2.71. The minimum absolute atomic E-state index is 0.0242. The number of hydrogen-bond acceptors (Lipinski definition) is 4. The van der Waals surface area contributed by atoms with Crippen LogP contribution in [0.4, 0.5) is 0 Å². The fourth-order valence-corrected chi connectivity index (χ4v) is 2.91. The van der Waals surface area contributed by atoms with E-state index in [2.05, 4.69) is 33.6 Å². The average molecular weight is 268 g/mol. The van der Waals surface area contributed by atoms with Gasteiger partial charge >= 0.3 is 0 Å². The highest BCUT2D eigenvalue weighted by molar-refractivity contribution is 5.36. The van der Waals surface area contributed by atoms with Gasteiger partial charge in [0.25, 0.3) is 0 Å². The van der Waals surface area contributed by atoms with Crippen molar-refractivity contribution in [2.24, 2.45) is 5.84 Å². The number of rotatable bonds is 4. The van der Waals surface area contributed by atoms with Crippen molar-refractivity contribution in [3.63, 3.8) is 0 Å². The standard InChI is InChI=1S/C16H20N4/c1-11-18-8-7-15(19-11)16(20-17)10-12-5-6-13-3-2-4-14(13)9-12/h5-9,16,20H,2-4,10,17H2,1H3. The molecule has 1 aliphatic rings. The van der Waals surface area contributed by atoms with Gasteiger partial charge in [-0.2, -0.15) is 0 Å². The van der Waals surface area contributed by atoms with Gasteiger partial charge in [-0.15, -0.1) is 0 Å². The van der Waals surface area contributed by atoms with Gasteiger partial charge in [-0.1, -0.05) is 18.2 Å². The number of benzene rings is 1. The lowest BCUT2D eigenvalue weighted by Crippen LogP contribution is -2.30. The van der Waals surface area contributed by atoms with E-state index < -0.39 is 0 Å². The fraction of sp³-hybridized carbons (Fsp3) is 0.375. The summed E-state index contributed by atoms with van der Waals surface area (Å²) in [6, 6.07) is 8.74. The summed E-state index contributed by atoms with van der Waals surface area (Å²) in [5, 5.41) is 0. The van der Waals surface area contributed by atoms with Gasteiger partial charge in [-0.25, -0.2) is 9.97 Å². The quantitative estimate of drug-likeness (QED) is 0.658.